The molecule has 1 heterocycles. The largest absolute Gasteiger partial charge is 0.364 e. The normalized spacial score (nSPS) is 25.3. The van der Waals surface area contributed by atoms with E-state index >= 15 is 0 Å². The number of nitrogens with two attached hydrogens (primary N) is 1. The third-order valence-electron chi connectivity index (χ3n) is 3.53. The molecule has 0 aromatic carbocycles. The first-order valence-electron chi connectivity index (χ1n) is 5.93. The molecular formula is C13H18N2O. The number of pyridine rings is 1. The third kappa shape index (κ3) is 2.23. The van der Waals surface area contributed by atoms with E-state index in [9.17, 15) is 4.79 Å². The van der Waals surface area contributed by atoms with Crippen LogP contribution < -0.4 is 5.73 Å². The fourth-order valence-corrected chi connectivity index (χ4v) is 2.52. The molecule has 0 radical (unpaired) electrons. The fraction of sp³-hybridized carbons (Fsp3) is 0.538. The van der Waals surface area contributed by atoms with Gasteiger partial charge in [0.15, 0.2) is 0 Å². The molecule has 0 aliphatic heterocycles. The number of aromatic nitrogens is 1. The molecule has 1 saturated carbocycles. The molecule has 0 saturated heterocycles. The van der Waals surface area contributed by atoms with Gasteiger partial charge in [-0.05, 0) is 36.3 Å². The first-order valence-corrected chi connectivity index (χ1v) is 5.93. The van der Waals surface area contributed by atoms with Crippen molar-refractivity contribution in [1.29, 1.82) is 0 Å². The first-order chi connectivity index (χ1) is 7.68. The average molecular weight is 218 g/mol. The van der Waals surface area contributed by atoms with E-state index in [1.807, 2.05) is 12.1 Å². The maximum absolute atomic E-state index is 11.3. The highest BCUT2D eigenvalue weighted by Crippen LogP contribution is 2.36. The van der Waals surface area contributed by atoms with E-state index in [4.69, 9.17) is 5.73 Å². The van der Waals surface area contributed by atoms with Gasteiger partial charge in [-0.3, -0.25) is 9.78 Å². The number of hydrogen-bond acceptors (Lipinski definition) is 2. The van der Waals surface area contributed by atoms with Crippen molar-refractivity contribution < 1.29 is 4.79 Å². The van der Waals surface area contributed by atoms with Gasteiger partial charge < -0.3 is 5.73 Å². The summed E-state index contributed by atoms with van der Waals surface area (Å²) in [5.41, 5.74) is 6.85. The Hall–Kier alpha value is -1.38. The second-order valence-corrected chi connectivity index (χ2v) is 4.76. The van der Waals surface area contributed by atoms with E-state index in [0.717, 1.165) is 24.3 Å². The molecule has 2 rings (SSSR count). The molecule has 3 heteroatoms. The molecular weight excluding hydrogens is 200 g/mol. The predicted molar refractivity (Wildman–Crippen MR) is 63.1 cm³/mol. The van der Waals surface area contributed by atoms with Gasteiger partial charge in [-0.25, -0.2) is 0 Å². The van der Waals surface area contributed by atoms with Crippen molar-refractivity contribution in [3.05, 3.63) is 29.6 Å². The first kappa shape index (κ1) is 11.1. The molecule has 3 nitrogen and oxygen atoms in total. The minimum absolute atomic E-state index is 0.408. The highest BCUT2D eigenvalue weighted by Gasteiger charge is 2.23. The van der Waals surface area contributed by atoms with Crippen LogP contribution in [0.4, 0.5) is 0 Å². The summed E-state index contributed by atoms with van der Waals surface area (Å²) in [6.07, 6.45) is 6.39. The van der Waals surface area contributed by atoms with Crippen LogP contribution in [-0.4, -0.2) is 10.9 Å². The van der Waals surface area contributed by atoms with Crippen molar-refractivity contribution in [1.82, 2.24) is 4.98 Å². The summed E-state index contributed by atoms with van der Waals surface area (Å²) in [6.45, 7) is 2.29. The van der Waals surface area contributed by atoms with Gasteiger partial charge in [0.05, 0.1) is 0 Å². The van der Waals surface area contributed by atoms with Crippen LogP contribution in [0.3, 0.4) is 0 Å². The zero-order chi connectivity index (χ0) is 11.5. The number of carbonyl (C=O) groups is 1. The van der Waals surface area contributed by atoms with E-state index in [2.05, 4.69) is 11.9 Å². The van der Waals surface area contributed by atoms with E-state index in [0.29, 0.717) is 11.6 Å². The van der Waals surface area contributed by atoms with E-state index in [1.165, 1.54) is 12.8 Å². The lowest BCUT2D eigenvalue weighted by Gasteiger charge is -2.27. The molecule has 0 unspecified atom stereocenters. The Morgan fingerprint density at radius 3 is 2.69 bits per heavy atom. The third-order valence-corrected chi connectivity index (χ3v) is 3.53. The Morgan fingerprint density at radius 1 is 1.38 bits per heavy atom. The van der Waals surface area contributed by atoms with Crippen LogP contribution >= 0.6 is 0 Å². The van der Waals surface area contributed by atoms with Crippen molar-refractivity contribution in [3.8, 4) is 0 Å². The van der Waals surface area contributed by atoms with Gasteiger partial charge in [-0.2, -0.15) is 0 Å². The zero-order valence-corrected chi connectivity index (χ0v) is 9.65. The van der Waals surface area contributed by atoms with Gasteiger partial charge in [-0.1, -0.05) is 25.8 Å². The summed E-state index contributed by atoms with van der Waals surface area (Å²) in [5, 5.41) is 0. The molecule has 0 atom stereocenters. The van der Waals surface area contributed by atoms with Crippen molar-refractivity contribution in [2.45, 2.75) is 38.5 Å². The van der Waals surface area contributed by atoms with Crippen molar-refractivity contribution in [3.63, 3.8) is 0 Å². The second-order valence-electron chi connectivity index (χ2n) is 4.76. The molecule has 2 N–H and O–H groups in total. The summed E-state index contributed by atoms with van der Waals surface area (Å²) in [7, 11) is 0. The van der Waals surface area contributed by atoms with Gasteiger partial charge in [0.2, 0.25) is 0 Å². The molecule has 1 amide bonds. The molecule has 1 aromatic heterocycles. The highest BCUT2D eigenvalue weighted by molar-refractivity contribution is 5.92. The molecule has 0 spiro atoms. The summed E-state index contributed by atoms with van der Waals surface area (Å²) in [5.74, 6) is 0.867. The lowest BCUT2D eigenvalue weighted by Crippen LogP contribution is -2.19. The van der Waals surface area contributed by atoms with Crippen molar-refractivity contribution >= 4 is 5.91 Å². The van der Waals surface area contributed by atoms with Crippen LogP contribution in [0.15, 0.2) is 18.3 Å². The molecule has 86 valence electrons. The Balaban J connectivity index is 2.23. The Kier molecular flexibility index (Phi) is 3.22. The minimum atomic E-state index is -0.408. The Bertz CT molecular complexity index is 381. The SMILES string of the molecule is CC1CCC(c2cccnc2C(N)=O)CC1. The summed E-state index contributed by atoms with van der Waals surface area (Å²) < 4.78 is 0. The monoisotopic (exact) mass is 218 g/mol. The van der Waals surface area contributed by atoms with E-state index in [-0.39, 0.29) is 0 Å². The average Bonchev–Trinajstić information content (AvgIpc) is 2.30. The van der Waals surface area contributed by atoms with Crippen LogP contribution in [0.25, 0.3) is 0 Å². The molecule has 1 aliphatic carbocycles. The molecule has 1 fully saturated rings. The minimum Gasteiger partial charge on any atom is -0.364 e. The smallest absolute Gasteiger partial charge is 0.267 e. The molecule has 16 heavy (non-hydrogen) atoms. The standard InChI is InChI=1S/C13H18N2O/c1-9-4-6-10(7-5-9)11-3-2-8-15-12(11)13(14)16/h2-3,8-10H,4-7H2,1H3,(H2,14,16). The topological polar surface area (TPSA) is 56.0 Å². The second kappa shape index (κ2) is 4.64. The van der Waals surface area contributed by atoms with Gasteiger partial charge in [0.25, 0.3) is 5.91 Å². The summed E-state index contributed by atoms with van der Waals surface area (Å²) in [6, 6.07) is 3.88. The number of carbonyl (C=O) groups excluding carboxylic acids is 1. The molecule has 1 aromatic rings. The van der Waals surface area contributed by atoms with Gasteiger partial charge >= 0.3 is 0 Å². The number of primary amides is 1. The number of rotatable bonds is 2. The lowest BCUT2D eigenvalue weighted by atomic mass is 9.79. The van der Waals surface area contributed by atoms with Crippen LogP contribution in [0.5, 0.6) is 0 Å². The highest BCUT2D eigenvalue weighted by atomic mass is 16.1. The van der Waals surface area contributed by atoms with Gasteiger partial charge in [0.1, 0.15) is 5.69 Å². The Labute approximate surface area is 96.1 Å². The molecule has 1 aliphatic rings. The van der Waals surface area contributed by atoms with E-state index < -0.39 is 5.91 Å². The van der Waals surface area contributed by atoms with Gasteiger partial charge in [0, 0.05) is 6.20 Å². The number of nitrogens with zero attached hydrogens (tertiary/aromatic N) is 1. The lowest BCUT2D eigenvalue weighted by molar-refractivity contribution is 0.0993. The summed E-state index contributed by atoms with van der Waals surface area (Å²) >= 11 is 0. The fourth-order valence-electron chi connectivity index (χ4n) is 2.52. The van der Waals surface area contributed by atoms with Crippen LogP contribution in [-0.2, 0) is 0 Å². The zero-order valence-electron chi connectivity index (χ0n) is 9.65. The number of hydrogen-bond donors (Lipinski definition) is 1. The van der Waals surface area contributed by atoms with Crippen LogP contribution in [0, 0.1) is 5.92 Å². The predicted octanol–water partition coefficient (Wildman–Crippen LogP) is 2.47. The maximum Gasteiger partial charge on any atom is 0.267 e. The quantitative estimate of drug-likeness (QED) is 0.829. The molecule has 0 bridgehead atoms. The Morgan fingerprint density at radius 2 is 2.06 bits per heavy atom. The van der Waals surface area contributed by atoms with Crippen LogP contribution in [0.1, 0.15) is 54.6 Å². The maximum atomic E-state index is 11.3. The number of amides is 1. The van der Waals surface area contributed by atoms with Crippen molar-refractivity contribution in [2.75, 3.05) is 0 Å². The summed E-state index contributed by atoms with van der Waals surface area (Å²) in [4.78, 5) is 15.4. The van der Waals surface area contributed by atoms with Crippen LogP contribution in [0.2, 0.25) is 0 Å². The van der Waals surface area contributed by atoms with Gasteiger partial charge in [-0.15, -0.1) is 0 Å². The van der Waals surface area contributed by atoms with Crippen molar-refractivity contribution in [2.24, 2.45) is 11.7 Å². The van der Waals surface area contributed by atoms with E-state index in [1.54, 1.807) is 6.20 Å².